The van der Waals surface area contributed by atoms with Crippen LogP contribution >= 0.6 is 0 Å². The Bertz CT molecular complexity index is 1010. The number of alkyl halides is 3. The monoisotopic (exact) mass is 450 g/mol. The number of anilines is 3. The van der Waals surface area contributed by atoms with Gasteiger partial charge in [0.15, 0.2) is 5.82 Å². The van der Waals surface area contributed by atoms with Crippen LogP contribution in [0.15, 0.2) is 30.5 Å². The smallest absolute Gasteiger partial charge is 0.366 e. The van der Waals surface area contributed by atoms with Gasteiger partial charge in [-0.15, -0.1) is 0 Å². The molecule has 11 heteroatoms. The minimum absolute atomic E-state index is 0.102. The van der Waals surface area contributed by atoms with Gasteiger partial charge in [-0.3, -0.25) is 4.79 Å². The normalized spacial score (nSPS) is 20.4. The zero-order chi connectivity index (χ0) is 23.3. The number of halogens is 3. The summed E-state index contributed by atoms with van der Waals surface area (Å²) in [5.74, 6) is -1.76. The molecule has 0 spiro atoms. The molecule has 8 nitrogen and oxygen atoms in total. The van der Waals surface area contributed by atoms with Gasteiger partial charge in [0.1, 0.15) is 17.6 Å². The summed E-state index contributed by atoms with van der Waals surface area (Å²) in [6.45, 7) is 5.74. The van der Waals surface area contributed by atoms with Crippen LogP contribution in [0.25, 0.3) is 0 Å². The van der Waals surface area contributed by atoms with Gasteiger partial charge < -0.3 is 25.5 Å². The number of carbonyl (C=O) groups is 1. The number of nitrogens with zero attached hydrogens (tertiary/aromatic N) is 4. The molecule has 1 unspecified atom stereocenters. The Morgan fingerprint density at radius 3 is 2.69 bits per heavy atom. The number of nitrogens with one attached hydrogen (secondary N) is 2. The fourth-order valence-electron chi connectivity index (χ4n) is 4.09. The van der Waals surface area contributed by atoms with Gasteiger partial charge in [-0.1, -0.05) is 6.07 Å². The Morgan fingerprint density at radius 1 is 1.28 bits per heavy atom. The summed E-state index contributed by atoms with van der Waals surface area (Å²) in [7, 11) is 0. The lowest BCUT2D eigenvalue weighted by molar-refractivity contribution is -0.149. The average Bonchev–Trinajstić information content (AvgIpc) is 3.12. The first-order chi connectivity index (χ1) is 15.0. The third-order valence-electron chi connectivity index (χ3n) is 5.77. The first-order valence-electron chi connectivity index (χ1n) is 10.3. The van der Waals surface area contributed by atoms with Crippen molar-refractivity contribution < 1.29 is 23.1 Å². The van der Waals surface area contributed by atoms with E-state index in [0.717, 1.165) is 25.5 Å². The summed E-state index contributed by atoms with van der Waals surface area (Å²) in [6, 6.07) is 4.54. The van der Waals surface area contributed by atoms with E-state index in [1.165, 1.54) is 6.07 Å². The van der Waals surface area contributed by atoms with Crippen LogP contribution in [-0.2, 0) is 0 Å². The van der Waals surface area contributed by atoms with Crippen molar-refractivity contribution in [2.75, 3.05) is 28.2 Å². The molecule has 3 atom stereocenters. The van der Waals surface area contributed by atoms with E-state index < -0.39 is 24.0 Å². The molecule has 4 heterocycles. The molecule has 1 saturated heterocycles. The van der Waals surface area contributed by atoms with Crippen molar-refractivity contribution in [2.24, 2.45) is 0 Å². The van der Waals surface area contributed by atoms with Crippen LogP contribution in [0.5, 0.6) is 0 Å². The third-order valence-corrected chi connectivity index (χ3v) is 5.77. The molecule has 1 amide bonds. The quantitative estimate of drug-likeness (QED) is 0.603. The molecule has 0 aliphatic carbocycles. The van der Waals surface area contributed by atoms with Gasteiger partial charge in [-0.05, 0) is 44.0 Å². The fraction of sp³-hybridized carbons (Fsp3) is 0.476. The lowest BCUT2D eigenvalue weighted by Gasteiger charge is -2.45. The largest absolute Gasteiger partial charge is 0.408 e. The molecule has 2 aliphatic heterocycles. The lowest BCUT2D eigenvalue weighted by atomic mass is 10.1. The van der Waals surface area contributed by atoms with Crippen molar-refractivity contribution in [2.45, 2.75) is 51.3 Å². The van der Waals surface area contributed by atoms with E-state index in [0.29, 0.717) is 23.9 Å². The molecule has 3 N–H and O–H groups in total. The number of pyridine rings is 2. The zero-order valence-corrected chi connectivity index (χ0v) is 17.9. The number of hydrogen-bond acceptors (Lipinski definition) is 7. The van der Waals surface area contributed by atoms with Gasteiger partial charge in [-0.25, -0.2) is 9.97 Å². The number of amides is 1. The fourth-order valence-corrected chi connectivity index (χ4v) is 4.09. The molecular formula is C21H25F3N6O2. The standard InChI is InChI=1S/C21H25F3N6O2/c1-12-4-7-17(25-10-12)28-20(3,32)30-14-8-9-29(11-14)16-6-5-15(27-18(16)30)19(31)26-13(2)21(22,23)24/h4-7,10,13-14,32H,8-9,11H2,1-3H3,(H,25,28)(H,26,31)/t13-,14+,20?/m1/s1. The van der Waals surface area contributed by atoms with Crippen molar-refractivity contribution in [1.29, 1.82) is 0 Å². The summed E-state index contributed by atoms with van der Waals surface area (Å²) in [5.41, 5.74) is 1.52. The Balaban J connectivity index is 1.66. The van der Waals surface area contributed by atoms with Crippen LogP contribution < -0.4 is 20.4 Å². The molecule has 2 aliphatic rings. The van der Waals surface area contributed by atoms with Crippen LogP contribution in [0.3, 0.4) is 0 Å². The minimum Gasteiger partial charge on any atom is -0.366 e. The Kier molecular flexibility index (Phi) is 5.40. The predicted molar refractivity (Wildman–Crippen MR) is 114 cm³/mol. The summed E-state index contributed by atoms with van der Waals surface area (Å²) in [5, 5.41) is 16.3. The van der Waals surface area contributed by atoms with E-state index in [1.807, 2.05) is 18.3 Å². The topological polar surface area (TPSA) is 93.6 Å². The van der Waals surface area contributed by atoms with E-state index in [-0.39, 0.29) is 11.7 Å². The van der Waals surface area contributed by atoms with Gasteiger partial charge in [0.2, 0.25) is 5.85 Å². The predicted octanol–water partition coefficient (Wildman–Crippen LogP) is 2.64. The molecule has 2 aromatic rings. The molecule has 0 radical (unpaired) electrons. The second-order valence-electron chi connectivity index (χ2n) is 8.40. The van der Waals surface area contributed by atoms with Gasteiger partial charge in [-0.2, -0.15) is 13.2 Å². The van der Waals surface area contributed by atoms with E-state index >= 15 is 0 Å². The molecular weight excluding hydrogens is 425 g/mol. The number of carbonyl (C=O) groups excluding carboxylic acids is 1. The lowest BCUT2D eigenvalue weighted by Crippen LogP contribution is -2.60. The van der Waals surface area contributed by atoms with Gasteiger partial charge in [0.25, 0.3) is 5.91 Å². The van der Waals surface area contributed by atoms with Crippen molar-refractivity contribution >= 4 is 23.2 Å². The van der Waals surface area contributed by atoms with Gasteiger partial charge in [0.05, 0.1) is 11.7 Å². The number of fused-ring (bicyclic) bond motifs is 4. The number of aryl methyl sites for hydroxylation is 1. The highest BCUT2D eigenvalue weighted by Gasteiger charge is 2.45. The Labute approximate surface area is 183 Å². The van der Waals surface area contributed by atoms with Crippen LogP contribution in [0.4, 0.5) is 30.5 Å². The van der Waals surface area contributed by atoms with Crippen molar-refractivity contribution in [3.8, 4) is 0 Å². The second kappa shape index (κ2) is 7.80. The SMILES string of the molecule is Cc1ccc(NC(C)(O)N2c3nc(C(=O)N[C@H](C)C(F)(F)F)ccc3N3CC[C@H]2C3)nc1. The number of rotatable bonds is 5. The highest BCUT2D eigenvalue weighted by Crippen LogP contribution is 2.42. The van der Waals surface area contributed by atoms with E-state index in [4.69, 9.17) is 0 Å². The van der Waals surface area contributed by atoms with Gasteiger partial charge in [0, 0.05) is 26.2 Å². The Morgan fingerprint density at radius 2 is 2.03 bits per heavy atom. The van der Waals surface area contributed by atoms with Crippen LogP contribution in [0.1, 0.15) is 36.3 Å². The van der Waals surface area contributed by atoms with Gasteiger partial charge >= 0.3 is 6.18 Å². The molecule has 0 saturated carbocycles. The first-order valence-corrected chi connectivity index (χ1v) is 10.3. The molecule has 1 fully saturated rings. The zero-order valence-electron chi connectivity index (χ0n) is 17.9. The summed E-state index contributed by atoms with van der Waals surface area (Å²) in [4.78, 5) is 24.9. The summed E-state index contributed by atoms with van der Waals surface area (Å²) >= 11 is 0. The molecule has 2 aromatic heterocycles. The van der Waals surface area contributed by atoms with Crippen LogP contribution in [0.2, 0.25) is 0 Å². The number of aromatic nitrogens is 2. The molecule has 172 valence electrons. The molecule has 4 rings (SSSR count). The highest BCUT2D eigenvalue weighted by atomic mass is 19.4. The second-order valence-corrected chi connectivity index (χ2v) is 8.40. The molecule has 2 bridgehead atoms. The maximum atomic E-state index is 12.9. The minimum atomic E-state index is -4.56. The van der Waals surface area contributed by atoms with Crippen molar-refractivity contribution in [3.63, 3.8) is 0 Å². The molecule has 32 heavy (non-hydrogen) atoms. The molecule has 0 aromatic carbocycles. The summed E-state index contributed by atoms with van der Waals surface area (Å²) in [6.07, 6.45) is -2.14. The van der Waals surface area contributed by atoms with Crippen LogP contribution in [-0.4, -0.2) is 58.2 Å². The van der Waals surface area contributed by atoms with E-state index in [9.17, 15) is 23.1 Å². The number of hydrogen-bond donors (Lipinski definition) is 3. The first kappa shape index (κ1) is 22.1. The van der Waals surface area contributed by atoms with Crippen molar-refractivity contribution in [1.82, 2.24) is 15.3 Å². The van der Waals surface area contributed by atoms with E-state index in [2.05, 4.69) is 20.2 Å². The maximum Gasteiger partial charge on any atom is 0.408 e. The third kappa shape index (κ3) is 4.16. The van der Waals surface area contributed by atoms with Crippen LogP contribution in [0, 0.1) is 6.92 Å². The highest BCUT2D eigenvalue weighted by molar-refractivity contribution is 5.94. The Hall–Kier alpha value is -3.08. The maximum absolute atomic E-state index is 12.9. The van der Waals surface area contributed by atoms with E-state index in [1.54, 1.807) is 30.2 Å². The van der Waals surface area contributed by atoms with Crippen molar-refractivity contribution in [3.05, 3.63) is 41.7 Å². The number of aliphatic hydroxyl groups is 1. The average molecular weight is 450 g/mol. The summed E-state index contributed by atoms with van der Waals surface area (Å²) < 4.78 is 38.6.